The molecule has 6 rings (SSSR count). The van der Waals surface area contributed by atoms with Gasteiger partial charge in [-0.2, -0.15) is 0 Å². The maximum absolute atomic E-state index is 13.8. The number of aromatic nitrogens is 2. The molecule has 194 valence electrons. The number of rotatable bonds is 5. The van der Waals surface area contributed by atoms with Gasteiger partial charge < -0.3 is 18.8 Å². The summed E-state index contributed by atoms with van der Waals surface area (Å²) >= 11 is 0. The van der Waals surface area contributed by atoms with Crippen molar-refractivity contribution in [2.75, 3.05) is 33.9 Å². The van der Waals surface area contributed by atoms with Crippen LogP contribution < -0.4 is 9.47 Å². The van der Waals surface area contributed by atoms with Gasteiger partial charge in [-0.25, -0.2) is 9.78 Å². The number of nitrogens with zero attached hydrogens (tertiary/aromatic N) is 5. The van der Waals surface area contributed by atoms with Crippen LogP contribution in [-0.4, -0.2) is 69.5 Å². The van der Waals surface area contributed by atoms with Gasteiger partial charge in [0.2, 0.25) is 0 Å². The van der Waals surface area contributed by atoms with E-state index >= 15 is 0 Å². The minimum absolute atomic E-state index is 0.106. The van der Waals surface area contributed by atoms with Crippen LogP contribution in [0.4, 0.5) is 4.79 Å². The van der Waals surface area contributed by atoms with Crippen molar-refractivity contribution >= 4 is 11.7 Å². The molecule has 0 unspecified atom stereocenters. The summed E-state index contributed by atoms with van der Waals surface area (Å²) in [6.45, 7) is 8.31. The molecule has 0 aliphatic carbocycles. The number of allylic oxidation sites excluding steroid dienone is 1. The third kappa shape index (κ3) is 3.77. The van der Waals surface area contributed by atoms with Crippen molar-refractivity contribution in [1.29, 1.82) is 0 Å². The molecule has 2 saturated heterocycles. The zero-order chi connectivity index (χ0) is 25.7. The fourth-order valence-electron chi connectivity index (χ4n) is 6.66. The third-order valence-corrected chi connectivity index (χ3v) is 8.45. The number of methoxy groups -OCH3 is 2. The topological polar surface area (TPSA) is 62.6 Å². The predicted octanol–water partition coefficient (Wildman–Crippen LogP) is 4.64. The van der Waals surface area contributed by atoms with E-state index in [2.05, 4.69) is 63.5 Å². The van der Waals surface area contributed by atoms with Gasteiger partial charge in [0.15, 0.2) is 0 Å². The molecule has 0 N–H and O–H groups in total. The third-order valence-electron chi connectivity index (χ3n) is 8.45. The lowest BCUT2D eigenvalue weighted by Gasteiger charge is -2.44. The number of likely N-dealkylation sites (tertiary alicyclic amines) is 1. The van der Waals surface area contributed by atoms with Crippen LogP contribution in [0.15, 0.2) is 54.6 Å². The summed E-state index contributed by atoms with van der Waals surface area (Å²) < 4.78 is 13.4. The molecule has 2 aromatic heterocycles. The molecule has 1 spiro atoms. The molecule has 5 heterocycles. The Labute approximate surface area is 218 Å². The molecule has 2 amide bonds. The Morgan fingerprint density at radius 1 is 1.14 bits per heavy atom. The number of pyridine rings is 1. The van der Waals surface area contributed by atoms with Gasteiger partial charge in [-0.1, -0.05) is 19.1 Å². The minimum atomic E-state index is -0.274. The predicted molar refractivity (Wildman–Crippen MR) is 142 cm³/mol. The second-order valence-electron chi connectivity index (χ2n) is 10.4. The number of carbonyl (C=O) groups is 1. The van der Waals surface area contributed by atoms with Gasteiger partial charge in [0.25, 0.3) is 0 Å². The number of fused-ring (bicyclic) bond motifs is 4. The summed E-state index contributed by atoms with van der Waals surface area (Å²) in [6.07, 6.45) is 10.1. The molecule has 2 fully saturated rings. The number of carbonyl (C=O) groups excluding carboxylic acids is 1. The molecular formula is C29H35N5O3. The second kappa shape index (κ2) is 9.10. The first kappa shape index (κ1) is 23.9. The first-order valence-corrected chi connectivity index (χ1v) is 13.2. The smallest absolute Gasteiger partial charge is 0.325 e. The van der Waals surface area contributed by atoms with Crippen LogP contribution >= 0.6 is 0 Å². The lowest BCUT2D eigenvalue weighted by molar-refractivity contribution is 0.0887. The van der Waals surface area contributed by atoms with Crippen LogP contribution in [0.3, 0.4) is 0 Å². The maximum Gasteiger partial charge on any atom is 0.325 e. The second-order valence-corrected chi connectivity index (χ2v) is 10.4. The summed E-state index contributed by atoms with van der Waals surface area (Å²) in [6, 6.07) is 8.35. The fourth-order valence-corrected chi connectivity index (χ4v) is 6.66. The van der Waals surface area contributed by atoms with Crippen LogP contribution in [-0.2, 0) is 13.1 Å². The van der Waals surface area contributed by atoms with E-state index in [1.165, 1.54) is 5.56 Å². The van der Waals surface area contributed by atoms with Gasteiger partial charge in [0, 0.05) is 68.0 Å². The Bertz CT molecular complexity index is 1370. The lowest BCUT2D eigenvalue weighted by atomic mass is 9.82. The Morgan fingerprint density at radius 3 is 2.68 bits per heavy atom. The van der Waals surface area contributed by atoms with Crippen molar-refractivity contribution in [3.05, 3.63) is 71.3 Å². The Hall–Kier alpha value is -3.52. The average molecular weight is 502 g/mol. The fraction of sp³-hybridized carbons (Fsp3) is 0.448. The van der Waals surface area contributed by atoms with Gasteiger partial charge in [-0.3, -0.25) is 9.80 Å². The van der Waals surface area contributed by atoms with Crippen LogP contribution in [0, 0.1) is 0 Å². The monoisotopic (exact) mass is 501 g/mol. The standard InChI is InChI=1S/C29H35N5O3/c1-5-34-28(35)33-19-22-15-23(36-3)16-24(37-4)27(22)20(2)14-25(33)29(34)8-11-31(12-9-29)17-21-6-7-26-30-10-13-32(26)18-21/h6-7,10,13-16,18,20H,5,8-9,11-12,17,19H2,1-4H3/t20-/m0/s1. The molecule has 3 aliphatic rings. The normalized spacial score (nSPS) is 21.1. The van der Waals surface area contributed by atoms with Crippen LogP contribution in [0.5, 0.6) is 11.5 Å². The van der Waals surface area contributed by atoms with E-state index in [0.29, 0.717) is 13.1 Å². The van der Waals surface area contributed by atoms with Crippen molar-refractivity contribution in [2.45, 2.75) is 51.2 Å². The molecule has 8 heteroatoms. The summed E-state index contributed by atoms with van der Waals surface area (Å²) in [5.74, 6) is 1.69. The number of hydrogen-bond acceptors (Lipinski definition) is 5. The first-order valence-electron chi connectivity index (χ1n) is 13.2. The van der Waals surface area contributed by atoms with Gasteiger partial charge in [0.05, 0.1) is 26.3 Å². The maximum atomic E-state index is 13.8. The first-order chi connectivity index (χ1) is 18.0. The van der Waals surface area contributed by atoms with Crippen molar-refractivity contribution in [3.63, 3.8) is 0 Å². The van der Waals surface area contributed by atoms with Crippen molar-refractivity contribution in [3.8, 4) is 11.5 Å². The number of ether oxygens (including phenoxy) is 2. The van der Waals surface area contributed by atoms with Gasteiger partial charge in [-0.15, -0.1) is 0 Å². The van der Waals surface area contributed by atoms with E-state index in [1.54, 1.807) is 14.2 Å². The molecule has 0 radical (unpaired) electrons. The molecule has 3 aliphatic heterocycles. The van der Waals surface area contributed by atoms with Gasteiger partial charge in [-0.05, 0) is 43.0 Å². The van der Waals surface area contributed by atoms with E-state index in [9.17, 15) is 4.79 Å². The molecule has 1 aromatic carbocycles. The van der Waals surface area contributed by atoms with Crippen LogP contribution in [0.2, 0.25) is 0 Å². The number of imidazole rings is 1. The summed E-state index contributed by atoms with van der Waals surface area (Å²) in [7, 11) is 3.37. The van der Waals surface area contributed by atoms with E-state index in [-0.39, 0.29) is 17.5 Å². The van der Waals surface area contributed by atoms with Crippen molar-refractivity contribution in [2.24, 2.45) is 0 Å². The minimum Gasteiger partial charge on any atom is -0.497 e. The lowest BCUT2D eigenvalue weighted by Crippen LogP contribution is -2.53. The largest absolute Gasteiger partial charge is 0.497 e. The highest BCUT2D eigenvalue weighted by molar-refractivity contribution is 5.83. The molecule has 0 saturated carbocycles. The highest BCUT2D eigenvalue weighted by Gasteiger charge is 2.54. The number of likely N-dealkylation sites (N-methyl/N-ethyl adjacent to an activating group) is 1. The highest BCUT2D eigenvalue weighted by Crippen LogP contribution is 2.49. The van der Waals surface area contributed by atoms with E-state index in [0.717, 1.165) is 66.4 Å². The average Bonchev–Trinajstić information content (AvgIpc) is 3.41. The van der Waals surface area contributed by atoms with E-state index < -0.39 is 0 Å². The van der Waals surface area contributed by atoms with Crippen LogP contribution in [0.1, 0.15) is 49.3 Å². The molecule has 8 nitrogen and oxygen atoms in total. The summed E-state index contributed by atoms with van der Waals surface area (Å²) in [5, 5.41) is 0. The summed E-state index contributed by atoms with van der Waals surface area (Å²) in [4.78, 5) is 24.8. The number of urea groups is 1. The number of hydrogen-bond donors (Lipinski definition) is 0. The summed E-state index contributed by atoms with van der Waals surface area (Å²) in [5.41, 5.74) is 5.35. The van der Waals surface area contributed by atoms with Gasteiger partial charge in [0.1, 0.15) is 17.1 Å². The Morgan fingerprint density at radius 2 is 1.95 bits per heavy atom. The SMILES string of the molecule is CCN1C(=O)N2Cc3cc(OC)cc(OC)c3[C@@H](C)C=C2C12CCN(Cc1ccc3nccn3c1)CC2. The zero-order valence-electron chi connectivity index (χ0n) is 22.1. The Balaban J connectivity index is 1.29. The van der Waals surface area contributed by atoms with Crippen LogP contribution in [0.25, 0.3) is 5.65 Å². The number of piperidine rings is 1. The van der Waals surface area contributed by atoms with Gasteiger partial charge >= 0.3 is 6.03 Å². The molecule has 0 bridgehead atoms. The Kier molecular flexibility index (Phi) is 5.87. The molecular weight excluding hydrogens is 466 g/mol. The highest BCUT2D eigenvalue weighted by atomic mass is 16.5. The molecule has 37 heavy (non-hydrogen) atoms. The van der Waals surface area contributed by atoms with E-state index in [1.807, 2.05) is 23.4 Å². The number of amides is 2. The van der Waals surface area contributed by atoms with E-state index in [4.69, 9.17) is 9.47 Å². The quantitative estimate of drug-likeness (QED) is 0.510. The molecule has 1 atom stereocenters. The van der Waals surface area contributed by atoms with Crippen molar-refractivity contribution < 1.29 is 14.3 Å². The van der Waals surface area contributed by atoms with Crippen molar-refractivity contribution in [1.82, 2.24) is 24.1 Å². The number of benzene rings is 1. The molecule has 3 aromatic rings. The zero-order valence-corrected chi connectivity index (χ0v) is 22.1.